The molecule has 92 valence electrons. The summed E-state index contributed by atoms with van der Waals surface area (Å²) in [6.45, 7) is 3.84. The minimum absolute atomic E-state index is 0.752. The molecule has 0 N–H and O–H groups in total. The maximum atomic E-state index is 5.19. The summed E-state index contributed by atoms with van der Waals surface area (Å²) in [5, 5.41) is 0. The van der Waals surface area contributed by atoms with Crippen LogP contribution in [0.4, 0.5) is 0 Å². The summed E-state index contributed by atoms with van der Waals surface area (Å²) < 4.78 is 5.19. The molecule has 1 fully saturated rings. The maximum absolute atomic E-state index is 5.19. The summed E-state index contributed by atoms with van der Waals surface area (Å²) in [5.74, 6) is 2.58. The van der Waals surface area contributed by atoms with E-state index in [9.17, 15) is 0 Å². The molecule has 0 saturated heterocycles. The Kier molecular flexibility index (Phi) is 4.24. The van der Waals surface area contributed by atoms with Crippen LogP contribution in [0.1, 0.15) is 43.6 Å². The highest BCUT2D eigenvalue weighted by Crippen LogP contribution is 2.37. The number of allylic oxidation sites excluding steroid dienone is 1. The second-order valence-electron chi connectivity index (χ2n) is 5.02. The molecule has 0 aliphatic heterocycles. The van der Waals surface area contributed by atoms with Gasteiger partial charge in [-0.1, -0.05) is 18.2 Å². The van der Waals surface area contributed by atoms with Gasteiger partial charge in [0, 0.05) is 0 Å². The van der Waals surface area contributed by atoms with E-state index in [1.165, 1.54) is 37.7 Å². The summed E-state index contributed by atoms with van der Waals surface area (Å²) in [4.78, 5) is 0. The molecule has 0 radical (unpaired) electrons. The Morgan fingerprint density at radius 3 is 2.35 bits per heavy atom. The first-order valence-corrected chi connectivity index (χ1v) is 6.58. The van der Waals surface area contributed by atoms with Crippen molar-refractivity contribution in [2.45, 2.75) is 38.0 Å². The molecule has 1 saturated carbocycles. The average Bonchev–Trinajstić information content (AvgIpc) is 2.40. The van der Waals surface area contributed by atoms with E-state index in [1.807, 2.05) is 0 Å². The number of rotatable bonds is 4. The molecule has 0 spiro atoms. The van der Waals surface area contributed by atoms with Gasteiger partial charge in [-0.15, -0.1) is 6.58 Å². The van der Waals surface area contributed by atoms with Gasteiger partial charge in [0.2, 0.25) is 0 Å². The first-order valence-electron chi connectivity index (χ1n) is 6.58. The lowest BCUT2D eigenvalue weighted by Gasteiger charge is -2.28. The Hall–Kier alpha value is -1.24. The number of ether oxygens (including phenoxy) is 1. The molecule has 1 nitrogen and oxygen atoms in total. The van der Waals surface area contributed by atoms with Gasteiger partial charge >= 0.3 is 0 Å². The Balaban J connectivity index is 1.93. The van der Waals surface area contributed by atoms with E-state index in [1.54, 1.807) is 7.11 Å². The van der Waals surface area contributed by atoms with Crippen LogP contribution in [0, 0.1) is 5.92 Å². The fourth-order valence-electron chi connectivity index (χ4n) is 2.84. The predicted octanol–water partition coefficient (Wildman–Crippen LogP) is 4.55. The predicted molar refractivity (Wildman–Crippen MR) is 72.5 cm³/mol. The summed E-state index contributed by atoms with van der Waals surface area (Å²) in [5.41, 5.74) is 1.47. The van der Waals surface area contributed by atoms with E-state index in [4.69, 9.17) is 4.74 Å². The van der Waals surface area contributed by atoms with Gasteiger partial charge in [0.05, 0.1) is 7.11 Å². The van der Waals surface area contributed by atoms with Gasteiger partial charge in [-0.3, -0.25) is 0 Å². The van der Waals surface area contributed by atoms with Gasteiger partial charge in [0.25, 0.3) is 0 Å². The number of methoxy groups -OCH3 is 1. The van der Waals surface area contributed by atoms with Crippen LogP contribution < -0.4 is 4.74 Å². The minimum Gasteiger partial charge on any atom is -0.497 e. The normalized spacial score (nSPS) is 24.3. The van der Waals surface area contributed by atoms with Gasteiger partial charge in [-0.2, -0.15) is 0 Å². The molecule has 0 unspecified atom stereocenters. The van der Waals surface area contributed by atoms with Gasteiger partial charge in [0.1, 0.15) is 5.75 Å². The van der Waals surface area contributed by atoms with Gasteiger partial charge in [-0.25, -0.2) is 0 Å². The Morgan fingerprint density at radius 1 is 1.18 bits per heavy atom. The van der Waals surface area contributed by atoms with Crippen molar-refractivity contribution in [3.63, 3.8) is 0 Å². The van der Waals surface area contributed by atoms with Crippen LogP contribution >= 0.6 is 0 Å². The fraction of sp³-hybridized carbons (Fsp3) is 0.500. The molecule has 0 amide bonds. The van der Waals surface area contributed by atoms with Crippen molar-refractivity contribution in [2.75, 3.05) is 7.11 Å². The second kappa shape index (κ2) is 5.90. The first kappa shape index (κ1) is 12.2. The van der Waals surface area contributed by atoms with E-state index < -0.39 is 0 Å². The van der Waals surface area contributed by atoms with Crippen LogP contribution in [0.15, 0.2) is 36.9 Å². The third kappa shape index (κ3) is 3.12. The molecular weight excluding hydrogens is 208 g/mol. The Labute approximate surface area is 104 Å². The standard InChI is InChI=1S/C16H22O/c1-3-4-13-5-7-14(8-6-13)15-9-11-16(17-2)12-10-15/h3,9-14H,1,4-8H2,2H3. The summed E-state index contributed by atoms with van der Waals surface area (Å²) >= 11 is 0. The van der Waals surface area contributed by atoms with E-state index in [2.05, 4.69) is 36.9 Å². The average molecular weight is 230 g/mol. The van der Waals surface area contributed by atoms with E-state index >= 15 is 0 Å². The Morgan fingerprint density at radius 2 is 1.82 bits per heavy atom. The molecule has 0 bridgehead atoms. The lowest BCUT2D eigenvalue weighted by Crippen LogP contribution is -2.12. The summed E-state index contributed by atoms with van der Waals surface area (Å²) in [6, 6.07) is 8.59. The summed E-state index contributed by atoms with van der Waals surface area (Å²) in [6.07, 6.45) is 8.61. The first-order chi connectivity index (χ1) is 8.33. The minimum atomic E-state index is 0.752. The van der Waals surface area contributed by atoms with Crippen molar-refractivity contribution in [1.29, 1.82) is 0 Å². The molecule has 1 heteroatoms. The molecule has 0 heterocycles. The smallest absolute Gasteiger partial charge is 0.118 e. The molecule has 1 aromatic rings. The number of benzene rings is 1. The van der Waals surface area contributed by atoms with Crippen molar-refractivity contribution < 1.29 is 4.74 Å². The molecule has 1 aromatic carbocycles. The molecule has 1 aliphatic rings. The lowest BCUT2D eigenvalue weighted by atomic mass is 9.77. The molecular formula is C16H22O. The molecule has 0 aromatic heterocycles. The third-order valence-electron chi connectivity index (χ3n) is 3.93. The molecule has 17 heavy (non-hydrogen) atoms. The van der Waals surface area contributed by atoms with Gasteiger partial charge < -0.3 is 4.74 Å². The Bertz CT molecular complexity index is 344. The highest BCUT2D eigenvalue weighted by molar-refractivity contribution is 5.29. The summed E-state index contributed by atoms with van der Waals surface area (Å²) in [7, 11) is 1.72. The largest absolute Gasteiger partial charge is 0.497 e. The third-order valence-corrected chi connectivity index (χ3v) is 3.93. The SMILES string of the molecule is C=CCC1CCC(c2ccc(OC)cc2)CC1. The van der Waals surface area contributed by atoms with Crippen molar-refractivity contribution in [1.82, 2.24) is 0 Å². The van der Waals surface area contributed by atoms with E-state index in [0.717, 1.165) is 17.6 Å². The van der Waals surface area contributed by atoms with Gasteiger partial charge in [0.15, 0.2) is 0 Å². The lowest BCUT2D eigenvalue weighted by molar-refractivity contribution is 0.328. The molecule has 0 atom stereocenters. The van der Waals surface area contributed by atoms with Crippen LogP contribution in [-0.2, 0) is 0 Å². The van der Waals surface area contributed by atoms with Crippen LogP contribution in [0.3, 0.4) is 0 Å². The van der Waals surface area contributed by atoms with Crippen LogP contribution in [0.2, 0.25) is 0 Å². The fourth-order valence-corrected chi connectivity index (χ4v) is 2.84. The van der Waals surface area contributed by atoms with E-state index in [-0.39, 0.29) is 0 Å². The monoisotopic (exact) mass is 230 g/mol. The second-order valence-corrected chi connectivity index (χ2v) is 5.02. The quantitative estimate of drug-likeness (QED) is 0.690. The van der Waals surface area contributed by atoms with Crippen LogP contribution in [0.5, 0.6) is 5.75 Å². The zero-order valence-corrected chi connectivity index (χ0v) is 10.7. The highest BCUT2D eigenvalue weighted by Gasteiger charge is 2.21. The van der Waals surface area contributed by atoms with E-state index in [0.29, 0.717) is 0 Å². The van der Waals surface area contributed by atoms with Crippen molar-refractivity contribution >= 4 is 0 Å². The molecule has 2 rings (SSSR count). The topological polar surface area (TPSA) is 9.23 Å². The van der Waals surface area contributed by atoms with Crippen molar-refractivity contribution in [2.24, 2.45) is 5.92 Å². The van der Waals surface area contributed by atoms with Gasteiger partial charge in [-0.05, 0) is 61.6 Å². The zero-order valence-electron chi connectivity index (χ0n) is 10.7. The van der Waals surface area contributed by atoms with Crippen LogP contribution in [-0.4, -0.2) is 7.11 Å². The molecule has 1 aliphatic carbocycles. The number of hydrogen-bond donors (Lipinski definition) is 0. The maximum Gasteiger partial charge on any atom is 0.118 e. The number of hydrogen-bond acceptors (Lipinski definition) is 1. The zero-order chi connectivity index (χ0) is 12.1. The van der Waals surface area contributed by atoms with Crippen molar-refractivity contribution in [3.05, 3.63) is 42.5 Å². The highest BCUT2D eigenvalue weighted by atomic mass is 16.5. The van der Waals surface area contributed by atoms with Crippen LogP contribution in [0.25, 0.3) is 0 Å². The van der Waals surface area contributed by atoms with Crippen molar-refractivity contribution in [3.8, 4) is 5.75 Å².